The van der Waals surface area contributed by atoms with Gasteiger partial charge in [-0.2, -0.15) is 0 Å². The van der Waals surface area contributed by atoms with E-state index < -0.39 is 22.0 Å². The van der Waals surface area contributed by atoms with Crippen LogP contribution in [0, 0.1) is 0 Å². The Morgan fingerprint density at radius 2 is 1.92 bits per heavy atom. The first kappa shape index (κ1) is 17.6. The van der Waals surface area contributed by atoms with Gasteiger partial charge in [-0.1, -0.05) is 23.7 Å². The summed E-state index contributed by atoms with van der Waals surface area (Å²) in [7, 11) is -3.52. The smallest absolute Gasteiger partial charge is 0.267 e. The molecule has 132 valence electrons. The number of benzene rings is 2. The molecular formula is C17H17ClN2O4S. The summed E-state index contributed by atoms with van der Waals surface area (Å²) in [6.07, 6.45) is -0.952. The molecule has 1 aliphatic rings. The number of hydrogen-bond acceptors (Lipinski definition) is 4. The SMILES string of the molecule is CCS(=O)(=O)N1CC(C(=O)Nc2ccc(Cl)cc2)Oc2ccccc21. The highest BCUT2D eigenvalue weighted by Gasteiger charge is 2.35. The van der Waals surface area contributed by atoms with E-state index in [0.717, 1.165) is 0 Å². The summed E-state index contributed by atoms with van der Waals surface area (Å²) >= 11 is 5.83. The molecule has 1 aliphatic heterocycles. The summed E-state index contributed by atoms with van der Waals surface area (Å²) in [5.74, 6) is -0.123. The molecule has 3 rings (SSSR count). The number of anilines is 2. The van der Waals surface area contributed by atoms with Crippen LogP contribution in [0.3, 0.4) is 0 Å². The average molecular weight is 381 g/mol. The molecule has 0 aromatic heterocycles. The van der Waals surface area contributed by atoms with Gasteiger partial charge in [0.15, 0.2) is 6.10 Å². The van der Waals surface area contributed by atoms with Gasteiger partial charge in [0.1, 0.15) is 5.75 Å². The van der Waals surface area contributed by atoms with Crippen LogP contribution in [0.2, 0.25) is 5.02 Å². The second-order valence-corrected chi connectivity index (χ2v) is 8.12. The summed E-state index contributed by atoms with van der Waals surface area (Å²) in [6, 6.07) is 13.4. The zero-order valence-corrected chi connectivity index (χ0v) is 15.0. The lowest BCUT2D eigenvalue weighted by Gasteiger charge is -2.34. The van der Waals surface area contributed by atoms with Crippen LogP contribution in [0.5, 0.6) is 5.75 Å². The van der Waals surface area contributed by atoms with Gasteiger partial charge < -0.3 is 10.1 Å². The number of carbonyl (C=O) groups excluding carboxylic acids is 1. The Bertz CT molecular complexity index is 884. The lowest BCUT2D eigenvalue weighted by atomic mass is 10.2. The molecule has 8 heteroatoms. The summed E-state index contributed by atoms with van der Waals surface area (Å²) in [4.78, 5) is 12.5. The molecule has 0 saturated carbocycles. The molecule has 0 spiro atoms. The Balaban J connectivity index is 1.86. The van der Waals surface area contributed by atoms with Crippen LogP contribution in [0.25, 0.3) is 0 Å². The Labute approximate surface area is 151 Å². The summed E-state index contributed by atoms with van der Waals surface area (Å²) < 4.78 is 31.8. The number of sulfonamides is 1. The van der Waals surface area contributed by atoms with Crippen molar-refractivity contribution in [2.75, 3.05) is 21.9 Å². The predicted molar refractivity (Wildman–Crippen MR) is 97.7 cm³/mol. The molecule has 2 aromatic carbocycles. The van der Waals surface area contributed by atoms with Crippen LogP contribution in [0.15, 0.2) is 48.5 Å². The molecule has 0 aliphatic carbocycles. The largest absolute Gasteiger partial charge is 0.476 e. The van der Waals surface area contributed by atoms with Crippen molar-refractivity contribution in [2.24, 2.45) is 0 Å². The van der Waals surface area contributed by atoms with E-state index in [1.54, 1.807) is 55.5 Å². The molecule has 1 atom stereocenters. The van der Waals surface area contributed by atoms with Gasteiger partial charge in [-0.3, -0.25) is 9.10 Å². The molecule has 1 unspecified atom stereocenters. The normalized spacial score (nSPS) is 16.7. The highest BCUT2D eigenvalue weighted by Crippen LogP contribution is 2.35. The van der Waals surface area contributed by atoms with E-state index in [4.69, 9.17) is 16.3 Å². The molecule has 0 radical (unpaired) electrons. The van der Waals surface area contributed by atoms with Gasteiger partial charge in [-0.15, -0.1) is 0 Å². The minimum absolute atomic E-state index is 0.0626. The predicted octanol–water partition coefficient (Wildman–Crippen LogP) is 2.90. The van der Waals surface area contributed by atoms with E-state index in [1.807, 2.05) is 0 Å². The maximum Gasteiger partial charge on any atom is 0.267 e. The van der Waals surface area contributed by atoms with Crippen LogP contribution in [0.4, 0.5) is 11.4 Å². The van der Waals surface area contributed by atoms with Crippen molar-refractivity contribution in [3.8, 4) is 5.75 Å². The number of fused-ring (bicyclic) bond motifs is 1. The van der Waals surface area contributed by atoms with Crippen LogP contribution < -0.4 is 14.4 Å². The zero-order chi connectivity index (χ0) is 18.0. The van der Waals surface area contributed by atoms with Crippen LogP contribution in [-0.2, 0) is 14.8 Å². The first-order chi connectivity index (χ1) is 11.9. The van der Waals surface area contributed by atoms with Crippen molar-refractivity contribution in [1.29, 1.82) is 0 Å². The first-order valence-electron chi connectivity index (χ1n) is 7.73. The van der Waals surface area contributed by atoms with Crippen molar-refractivity contribution >= 4 is 38.9 Å². The van der Waals surface area contributed by atoms with E-state index >= 15 is 0 Å². The Kier molecular flexibility index (Phi) is 4.87. The summed E-state index contributed by atoms with van der Waals surface area (Å²) in [6.45, 7) is 1.49. The average Bonchev–Trinajstić information content (AvgIpc) is 2.62. The molecule has 1 amide bonds. The number of halogens is 1. The third kappa shape index (κ3) is 3.72. The lowest BCUT2D eigenvalue weighted by Crippen LogP contribution is -2.49. The zero-order valence-electron chi connectivity index (χ0n) is 13.5. The van der Waals surface area contributed by atoms with Gasteiger partial charge in [0.05, 0.1) is 18.0 Å². The van der Waals surface area contributed by atoms with Gasteiger partial charge in [-0.05, 0) is 43.3 Å². The van der Waals surface area contributed by atoms with Crippen LogP contribution >= 0.6 is 11.6 Å². The summed E-state index contributed by atoms with van der Waals surface area (Å²) in [5.41, 5.74) is 1.00. The molecular weight excluding hydrogens is 364 g/mol. The quantitative estimate of drug-likeness (QED) is 0.884. The number of nitrogens with zero attached hydrogens (tertiary/aromatic N) is 1. The van der Waals surface area contributed by atoms with Gasteiger partial charge in [-0.25, -0.2) is 8.42 Å². The maximum atomic E-state index is 12.5. The molecule has 1 heterocycles. The third-order valence-corrected chi connectivity index (χ3v) is 5.84. The van der Waals surface area contributed by atoms with Gasteiger partial charge in [0.25, 0.3) is 5.91 Å². The number of amides is 1. The summed E-state index contributed by atoms with van der Waals surface area (Å²) in [5, 5.41) is 3.27. The molecule has 1 N–H and O–H groups in total. The first-order valence-corrected chi connectivity index (χ1v) is 9.72. The van der Waals surface area contributed by atoms with Crippen molar-refractivity contribution < 1.29 is 17.9 Å². The highest BCUT2D eigenvalue weighted by molar-refractivity contribution is 7.92. The van der Waals surface area contributed by atoms with E-state index in [-0.39, 0.29) is 12.3 Å². The van der Waals surface area contributed by atoms with E-state index in [0.29, 0.717) is 22.1 Å². The van der Waals surface area contributed by atoms with E-state index in [1.165, 1.54) is 4.31 Å². The topological polar surface area (TPSA) is 75.7 Å². The van der Waals surface area contributed by atoms with Crippen molar-refractivity contribution in [2.45, 2.75) is 13.0 Å². The van der Waals surface area contributed by atoms with Crippen molar-refractivity contribution in [1.82, 2.24) is 0 Å². The Morgan fingerprint density at radius 3 is 2.60 bits per heavy atom. The van der Waals surface area contributed by atoms with E-state index in [2.05, 4.69) is 5.32 Å². The van der Waals surface area contributed by atoms with Crippen molar-refractivity contribution in [3.05, 3.63) is 53.6 Å². The van der Waals surface area contributed by atoms with Gasteiger partial charge in [0, 0.05) is 10.7 Å². The standard InChI is InChI=1S/C17H17ClN2O4S/c1-2-25(22,23)20-11-16(24-15-6-4-3-5-14(15)20)17(21)19-13-9-7-12(18)8-10-13/h3-10,16H,2,11H2,1H3,(H,19,21). The second kappa shape index (κ2) is 6.93. The van der Waals surface area contributed by atoms with Crippen molar-refractivity contribution in [3.63, 3.8) is 0 Å². The second-order valence-electron chi connectivity index (χ2n) is 5.50. The van der Waals surface area contributed by atoms with Gasteiger partial charge in [0.2, 0.25) is 10.0 Å². The molecule has 25 heavy (non-hydrogen) atoms. The van der Waals surface area contributed by atoms with E-state index in [9.17, 15) is 13.2 Å². The van der Waals surface area contributed by atoms with Gasteiger partial charge >= 0.3 is 0 Å². The van der Waals surface area contributed by atoms with Crippen LogP contribution in [0.1, 0.15) is 6.92 Å². The molecule has 2 aromatic rings. The lowest BCUT2D eigenvalue weighted by molar-refractivity contribution is -0.122. The molecule has 0 fully saturated rings. The third-order valence-electron chi connectivity index (χ3n) is 3.84. The molecule has 6 nitrogen and oxygen atoms in total. The van der Waals surface area contributed by atoms with Crippen LogP contribution in [-0.4, -0.2) is 32.7 Å². The number of nitrogens with one attached hydrogen (secondary N) is 1. The Morgan fingerprint density at radius 1 is 1.24 bits per heavy atom. The fourth-order valence-corrected chi connectivity index (χ4v) is 3.76. The fraction of sp³-hybridized carbons (Fsp3) is 0.235. The molecule has 0 bridgehead atoms. The minimum Gasteiger partial charge on any atom is -0.476 e. The highest BCUT2D eigenvalue weighted by atomic mass is 35.5. The minimum atomic E-state index is -3.52. The maximum absolute atomic E-state index is 12.5. The number of carbonyl (C=O) groups is 1. The monoisotopic (exact) mass is 380 g/mol. The number of para-hydroxylation sites is 2. The molecule has 0 saturated heterocycles. The fourth-order valence-electron chi connectivity index (χ4n) is 2.51. The Hall–Kier alpha value is -2.25. The number of hydrogen-bond donors (Lipinski definition) is 1. The number of ether oxygens (including phenoxy) is 1. The number of rotatable bonds is 4.